The van der Waals surface area contributed by atoms with Crippen molar-refractivity contribution in [1.29, 1.82) is 0 Å². The molecule has 0 bridgehead atoms. The van der Waals surface area contributed by atoms with E-state index in [0.29, 0.717) is 0 Å². The smallest absolute Gasteiger partial charge is 0.380 e. The lowest BCUT2D eigenvalue weighted by atomic mass is 10.1. The van der Waals surface area contributed by atoms with Crippen molar-refractivity contribution in [2.45, 2.75) is 24.8 Å². The van der Waals surface area contributed by atoms with E-state index in [0.717, 1.165) is 0 Å². The van der Waals surface area contributed by atoms with Gasteiger partial charge in [0, 0.05) is 0 Å². The highest BCUT2D eigenvalue weighted by Crippen LogP contribution is 2.39. The molecule has 0 aliphatic carbocycles. The number of ketones is 1. The van der Waals surface area contributed by atoms with E-state index in [4.69, 9.17) is 40.0 Å². The fourth-order valence-electron chi connectivity index (χ4n) is 0.853. The Kier molecular flexibility index (Phi) is 7.04. The summed E-state index contributed by atoms with van der Waals surface area (Å²) in [6.45, 7) is 0. The van der Waals surface area contributed by atoms with Crippen LogP contribution in [0.3, 0.4) is 0 Å². The third-order valence-corrected chi connectivity index (χ3v) is 2.60. The van der Waals surface area contributed by atoms with Crippen molar-refractivity contribution >= 4 is 21.4 Å². The molecule has 2 unspecified atom stereocenters. The molecule has 0 fully saturated rings. The van der Waals surface area contributed by atoms with Crippen molar-refractivity contribution in [2.75, 3.05) is 0 Å². The second kappa shape index (κ2) is 7.13. The quantitative estimate of drug-likeness (QED) is 0.156. The van der Waals surface area contributed by atoms with Crippen LogP contribution in [-0.2, 0) is 23.0 Å². The molecule has 0 amide bonds. The van der Waals surface area contributed by atoms with Crippen molar-refractivity contribution in [3.05, 3.63) is 0 Å². The summed E-state index contributed by atoms with van der Waals surface area (Å²) in [5.41, 5.74) is 0. The van der Waals surface area contributed by atoms with Gasteiger partial charge >= 0.3 is 15.6 Å². The molecule has 0 saturated carbocycles. The van der Waals surface area contributed by atoms with Crippen molar-refractivity contribution in [1.82, 2.24) is 0 Å². The summed E-state index contributed by atoms with van der Waals surface area (Å²) in [6.07, 6.45) is -11.0. The molecule has 0 aromatic carbocycles. The van der Waals surface area contributed by atoms with E-state index in [1.165, 1.54) is 0 Å². The van der Waals surface area contributed by atoms with Crippen molar-refractivity contribution in [3.63, 3.8) is 0 Å². The van der Waals surface area contributed by atoms with Crippen LogP contribution < -0.4 is 0 Å². The summed E-state index contributed by atoms with van der Waals surface area (Å²) in [7, 11) is -10.5. The van der Waals surface area contributed by atoms with Gasteiger partial charge in [-0.15, -0.1) is 0 Å². The lowest BCUT2D eigenvalue weighted by molar-refractivity contribution is -0.175. The second-order valence-electron chi connectivity index (χ2n) is 3.27. The third kappa shape index (κ3) is 7.50. The molecule has 8 N–H and O–H groups in total. The van der Waals surface area contributed by atoms with Gasteiger partial charge in [0.05, 0.1) is 0 Å². The monoisotopic (exact) mass is 342 g/mol. The minimum absolute atomic E-state index is 1.87. The Hall–Kier alpha value is -0.270. The predicted octanol–water partition coefficient (Wildman–Crippen LogP) is -3.87. The molecule has 15 heteroatoms. The average molecular weight is 342 g/mol. The Morgan fingerprint density at radius 2 is 1.00 bits per heavy atom. The van der Waals surface area contributed by atoms with Crippen LogP contribution in [0.15, 0.2) is 0 Å². The zero-order valence-electron chi connectivity index (χ0n) is 9.32. The molecule has 0 saturated heterocycles. The molecule has 0 aliphatic rings. The van der Waals surface area contributed by atoms with Gasteiger partial charge < -0.3 is 40.0 Å². The summed E-state index contributed by atoms with van der Waals surface area (Å²) in [5.74, 6) is -1.87. The minimum Gasteiger partial charge on any atom is -0.380 e. The van der Waals surface area contributed by atoms with E-state index >= 15 is 0 Å². The highest BCUT2D eigenvalue weighted by atomic mass is 31.2. The molecule has 20 heavy (non-hydrogen) atoms. The summed E-state index contributed by atoms with van der Waals surface area (Å²) < 4.78 is 27.7. The number of hydrogen-bond donors (Lipinski definition) is 8. The number of hydrogen-bond acceptors (Lipinski definition) is 9. The fraction of sp³-hybridized carbons (Fsp3) is 0.800. The first-order valence-electron chi connectivity index (χ1n) is 4.48. The number of carbonyl (C=O) groups is 1. The SMILES string of the molecule is O=C([C@@H](O)C(O)OP(=O)(O)O)[C@H](O)C(O)OP(=O)(O)O. The van der Waals surface area contributed by atoms with Crippen LogP contribution in [0.4, 0.5) is 0 Å². The van der Waals surface area contributed by atoms with Crippen LogP contribution in [0.1, 0.15) is 0 Å². The fourth-order valence-corrected chi connectivity index (χ4v) is 1.65. The molecule has 0 aromatic rings. The number of phosphoric ester groups is 2. The molecule has 0 spiro atoms. The summed E-state index contributed by atoms with van der Waals surface area (Å²) >= 11 is 0. The van der Waals surface area contributed by atoms with Crippen molar-refractivity contribution in [3.8, 4) is 0 Å². The largest absolute Gasteiger partial charge is 0.472 e. The summed E-state index contributed by atoms with van der Waals surface area (Å²) in [5, 5.41) is 36.0. The van der Waals surface area contributed by atoms with Gasteiger partial charge in [-0.25, -0.2) is 9.13 Å². The standard InChI is InChI=1S/C5H12O13P2/c6-1(2(7)4(9)17-19(11,12)13)3(8)5(10)18-20(14,15)16/h2-5,7-10H,(H2,11,12,13)(H2,14,15,16)/t2-,3+,4?,5?. The van der Waals surface area contributed by atoms with Gasteiger partial charge in [0.15, 0.2) is 30.6 Å². The third-order valence-electron chi connectivity index (χ3n) is 1.61. The van der Waals surface area contributed by atoms with Gasteiger partial charge in [0.2, 0.25) is 0 Å². The van der Waals surface area contributed by atoms with Gasteiger partial charge in [0.1, 0.15) is 0 Å². The predicted molar refractivity (Wildman–Crippen MR) is 55.3 cm³/mol. The van der Waals surface area contributed by atoms with E-state index in [2.05, 4.69) is 9.05 Å². The first-order chi connectivity index (χ1) is 8.74. The lowest BCUT2D eigenvalue weighted by Gasteiger charge is -2.22. The minimum atomic E-state index is -5.26. The molecule has 0 radical (unpaired) electrons. The van der Waals surface area contributed by atoms with E-state index in [9.17, 15) is 13.9 Å². The maximum absolute atomic E-state index is 11.2. The molecular weight excluding hydrogens is 330 g/mol. The Labute approximate surface area is 110 Å². The zero-order chi connectivity index (χ0) is 16.3. The van der Waals surface area contributed by atoms with E-state index < -0.39 is 46.2 Å². The maximum Gasteiger partial charge on any atom is 0.472 e. The van der Waals surface area contributed by atoms with Crippen LogP contribution in [-0.4, -0.2) is 70.6 Å². The van der Waals surface area contributed by atoms with E-state index in [1.807, 2.05) is 0 Å². The van der Waals surface area contributed by atoms with Gasteiger partial charge in [-0.05, 0) is 0 Å². The molecule has 120 valence electrons. The Morgan fingerprint density at radius 3 is 1.20 bits per heavy atom. The normalized spacial score (nSPS) is 19.2. The van der Waals surface area contributed by atoms with E-state index in [-0.39, 0.29) is 0 Å². The van der Waals surface area contributed by atoms with Crippen molar-refractivity contribution < 1.29 is 63.0 Å². The highest BCUT2D eigenvalue weighted by molar-refractivity contribution is 7.46. The van der Waals surface area contributed by atoms with Gasteiger partial charge in [0.25, 0.3) is 0 Å². The zero-order valence-corrected chi connectivity index (χ0v) is 11.1. The first-order valence-corrected chi connectivity index (χ1v) is 7.54. The number of Topliss-reactive ketones (excluding diaryl/α,β-unsaturated/α-hetero) is 1. The Balaban J connectivity index is 4.72. The Morgan fingerprint density at radius 1 is 0.750 bits per heavy atom. The summed E-state index contributed by atoms with van der Waals surface area (Å²) in [6, 6.07) is 0. The van der Waals surface area contributed by atoms with E-state index in [1.54, 1.807) is 0 Å². The number of carbonyl (C=O) groups excluding carboxylic acids is 1. The highest BCUT2D eigenvalue weighted by Gasteiger charge is 2.39. The average Bonchev–Trinajstić information content (AvgIpc) is 2.21. The van der Waals surface area contributed by atoms with Crippen molar-refractivity contribution in [2.24, 2.45) is 0 Å². The topological polar surface area (TPSA) is 232 Å². The first kappa shape index (κ1) is 19.7. The Bertz CT molecular complexity index is 384. The second-order valence-corrected chi connectivity index (χ2v) is 5.65. The van der Waals surface area contributed by atoms with Crippen LogP contribution in [0.2, 0.25) is 0 Å². The molecule has 0 aliphatic heterocycles. The lowest BCUT2D eigenvalue weighted by Crippen LogP contribution is -2.46. The molecule has 0 heterocycles. The number of rotatable bonds is 8. The van der Waals surface area contributed by atoms with Crippen LogP contribution in [0, 0.1) is 0 Å². The van der Waals surface area contributed by atoms with Gasteiger partial charge in [-0.2, -0.15) is 0 Å². The molecule has 4 atom stereocenters. The number of aliphatic hydroxyl groups excluding tert-OH is 4. The van der Waals surface area contributed by atoms with Gasteiger partial charge in [-0.3, -0.25) is 13.8 Å². The number of aliphatic hydroxyl groups is 4. The molecule has 13 nitrogen and oxygen atoms in total. The maximum atomic E-state index is 11.2. The number of phosphoric acid groups is 2. The molecule has 0 aromatic heterocycles. The van der Waals surface area contributed by atoms with Gasteiger partial charge in [-0.1, -0.05) is 0 Å². The summed E-state index contributed by atoms with van der Waals surface area (Å²) in [4.78, 5) is 44.4. The van der Waals surface area contributed by atoms with Crippen LogP contribution in [0.25, 0.3) is 0 Å². The van der Waals surface area contributed by atoms with Crippen LogP contribution >= 0.6 is 15.6 Å². The van der Waals surface area contributed by atoms with Crippen LogP contribution in [0.5, 0.6) is 0 Å². The molecule has 0 rings (SSSR count). The molecular formula is C5H12O13P2.